The van der Waals surface area contributed by atoms with Crippen molar-refractivity contribution in [1.29, 1.82) is 5.26 Å². The minimum atomic E-state index is -0.594. The number of H-pyrrole nitrogens is 1. The molecule has 1 aromatic carbocycles. The van der Waals surface area contributed by atoms with E-state index in [1.807, 2.05) is 62.5 Å². The number of benzene rings is 1. The molecule has 22 heavy (non-hydrogen) atoms. The van der Waals surface area contributed by atoms with Gasteiger partial charge in [0.05, 0.1) is 22.5 Å². The Kier molecular flexibility index (Phi) is 3.56. The SMILES string of the molecule is CC(C)(C#N)c1c[nH]c2ccc(OCc3ccccc3)nc12. The summed E-state index contributed by atoms with van der Waals surface area (Å²) in [4.78, 5) is 7.72. The van der Waals surface area contributed by atoms with Gasteiger partial charge in [-0.15, -0.1) is 0 Å². The fraction of sp³-hybridized carbons (Fsp3) is 0.222. The first-order valence-electron chi connectivity index (χ1n) is 7.17. The number of nitrogens with zero attached hydrogens (tertiary/aromatic N) is 2. The van der Waals surface area contributed by atoms with Crippen LogP contribution >= 0.6 is 0 Å². The number of pyridine rings is 1. The van der Waals surface area contributed by atoms with E-state index in [-0.39, 0.29) is 0 Å². The molecule has 0 aliphatic carbocycles. The molecule has 0 saturated heterocycles. The van der Waals surface area contributed by atoms with Gasteiger partial charge < -0.3 is 9.72 Å². The van der Waals surface area contributed by atoms with Crippen LogP contribution in [-0.4, -0.2) is 9.97 Å². The molecule has 0 spiro atoms. The zero-order valence-corrected chi connectivity index (χ0v) is 12.6. The van der Waals surface area contributed by atoms with E-state index in [0.29, 0.717) is 12.5 Å². The second-order valence-corrected chi connectivity index (χ2v) is 5.76. The van der Waals surface area contributed by atoms with Crippen molar-refractivity contribution in [2.75, 3.05) is 0 Å². The van der Waals surface area contributed by atoms with Gasteiger partial charge in [-0.3, -0.25) is 0 Å². The summed E-state index contributed by atoms with van der Waals surface area (Å²) in [5.41, 5.74) is 3.08. The van der Waals surface area contributed by atoms with Crippen molar-refractivity contribution < 1.29 is 4.74 Å². The molecular formula is C18H17N3O. The van der Waals surface area contributed by atoms with E-state index in [9.17, 15) is 5.26 Å². The summed E-state index contributed by atoms with van der Waals surface area (Å²) in [6.07, 6.45) is 1.85. The smallest absolute Gasteiger partial charge is 0.214 e. The van der Waals surface area contributed by atoms with E-state index in [1.54, 1.807) is 0 Å². The molecule has 0 atom stereocenters. The average molecular weight is 291 g/mol. The molecule has 0 saturated carbocycles. The summed E-state index contributed by atoms with van der Waals surface area (Å²) in [6.45, 7) is 4.24. The Morgan fingerprint density at radius 3 is 2.68 bits per heavy atom. The van der Waals surface area contributed by atoms with Gasteiger partial charge in [0, 0.05) is 17.8 Å². The maximum Gasteiger partial charge on any atom is 0.214 e. The topological polar surface area (TPSA) is 61.7 Å². The van der Waals surface area contributed by atoms with Gasteiger partial charge in [0.1, 0.15) is 6.61 Å². The van der Waals surface area contributed by atoms with Crippen LogP contribution in [0.4, 0.5) is 0 Å². The summed E-state index contributed by atoms with van der Waals surface area (Å²) in [6, 6.07) is 16.0. The van der Waals surface area contributed by atoms with E-state index >= 15 is 0 Å². The van der Waals surface area contributed by atoms with Crippen LogP contribution in [0, 0.1) is 11.3 Å². The van der Waals surface area contributed by atoms with Crippen molar-refractivity contribution >= 4 is 11.0 Å². The van der Waals surface area contributed by atoms with Gasteiger partial charge in [0.2, 0.25) is 5.88 Å². The maximum absolute atomic E-state index is 9.32. The predicted octanol–water partition coefficient (Wildman–Crippen LogP) is 3.94. The highest BCUT2D eigenvalue weighted by Gasteiger charge is 2.24. The number of hydrogen-bond acceptors (Lipinski definition) is 3. The van der Waals surface area contributed by atoms with E-state index in [4.69, 9.17) is 4.74 Å². The largest absolute Gasteiger partial charge is 0.473 e. The molecule has 3 aromatic rings. The van der Waals surface area contributed by atoms with Gasteiger partial charge in [-0.2, -0.15) is 5.26 Å². The van der Waals surface area contributed by atoms with Gasteiger partial charge in [-0.25, -0.2) is 4.98 Å². The molecule has 110 valence electrons. The summed E-state index contributed by atoms with van der Waals surface area (Å²) < 4.78 is 5.76. The molecular weight excluding hydrogens is 274 g/mol. The van der Waals surface area contributed by atoms with Crippen LogP contribution in [0.25, 0.3) is 11.0 Å². The number of fused-ring (bicyclic) bond motifs is 1. The lowest BCUT2D eigenvalue weighted by atomic mass is 9.87. The highest BCUT2D eigenvalue weighted by atomic mass is 16.5. The standard InChI is InChI=1S/C18H17N3O/c1-18(2,12-19)14-10-20-15-8-9-16(21-17(14)15)22-11-13-6-4-3-5-7-13/h3-10,20H,11H2,1-2H3. The molecule has 0 bridgehead atoms. The van der Waals surface area contributed by atoms with Crippen LogP contribution in [-0.2, 0) is 12.0 Å². The zero-order valence-electron chi connectivity index (χ0n) is 12.6. The molecule has 3 rings (SSSR count). The Labute approximate surface area is 129 Å². The molecule has 0 unspecified atom stereocenters. The van der Waals surface area contributed by atoms with Crippen LogP contribution in [0.5, 0.6) is 5.88 Å². The van der Waals surface area contributed by atoms with Crippen molar-refractivity contribution in [3.05, 3.63) is 59.8 Å². The Morgan fingerprint density at radius 1 is 1.18 bits per heavy atom. The number of aromatic amines is 1. The van der Waals surface area contributed by atoms with Crippen molar-refractivity contribution in [3.8, 4) is 11.9 Å². The van der Waals surface area contributed by atoms with E-state index in [1.165, 1.54) is 0 Å². The number of ether oxygens (including phenoxy) is 1. The number of hydrogen-bond donors (Lipinski definition) is 1. The highest BCUT2D eigenvalue weighted by Crippen LogP contribution is 2.29. The first kappa shape index (κ1) is 14.2. The van der Waals surface area contributed by atoms with Crippen LogP contribution in [0.2, 0.25) is 0 Å². The molecule has 2 aromatic heterocycles. The van der Waals surface area contributed by atoms with E-state index in [2.05, 4.69) is 16.0 Å². The Morgan fingerprint density at radius 2 is 1.95 bits per heavy atom. The van der Waals surface area contributed by atoms with Crippen LogP contribution in [0.3, 0.4) is 0 Å². The molecule has 0 amide bonds. The third-order valence-corrected chi connectivity index (χ3v) is 3.68. The lowest BCUT2D eigenvalue weighted by Gasteiger charge is -2.13. The molecule has 0 fully saturated rings. The summed E-state index contributed by atoms with van der Waals surface area (Å²) in [5, 5.41) is 9.32. The van der Waals surface area contributed by atoms with Gasteiger partial charge >= 0.3 is 0 Å². The summed E-state index contributed by atoms with van der Waals surface area (Å²) in [7, 11) is 0. The Bertz CT molecular complexity index is 828. The summed E-state index contributed by atoms with van der Waals surface area (Å²) in [5.74, 6) is 0.561. The first-order valence-corrected chi connectivity index (χ1v) is 7.17. The number of nitrogens with one attached hydrogen (secondary N) is 1. The number of aromatic nitrogens is 2. The van der Waals surface area contributed by atoms with Crippen LogP contribution in [0.1, 0.15) is 25.0 Å². The molecule has 4 nitrogen and oxygen atoms in total. The quantitative estimate of drug-likeness (QED) is 0.792. The second kappa shape index (κ2) is 5.53. The predicted molar refractivity (Wildman–Crippen MR) is 85.5 cm³/mol. The monoisotopic (exact) mass is 291 g/mol. The lowest BCUT2D eigenvalue weighted by Crippen LogP contribution is -2.13. The number of rotatable bonds is 4. The van der Waals surface area contributed by atoms with Gasteiger partial charge in [0.25, 0.3) is 0 Å². The maximum atomic E-state index is 9.32. The van der Waals surface area contributed by atoms with Crippen molar-refractivity contribution in [2.24, 2.45) is 0 Å². The van der Waals surface area contributed by atoms with Crippen LogP contribution < -0.4 is 4.74 Å². The minimum absolute atomic E-state index is 0.473. The third-order valence-electron chi connectivity index (χ3n) is 3.68. The lowest BCUT2D eigenvalue weighted by molar-refractivity contribution is 0.295. The zero-order chi connectivity index (χ0) is 15.6. The Hall–Kier alpha value is -2.80. The fourth-order valence-corrected chi connectivity index (χ4v) is 2.33. The number of nitriles is 1. The van der Waals surface area contributed by atoms with Crippen molar-refractivity contribution in [1.82, 2.24) is 9.97 Å². The van der Waals surface area contributed by atoms with Gasteiger partial charge in [-0.1, -0.05) is 30.3 Å². The molecule has 0 aliphatic heterocycles. The fourth-order valence-electron chi connectivity index (χ4n) is 2.33. The molecule has 0 aliphatic rings. The Balaban J connectivity index is 1.89. The van der Waals surface area contributed by atoms with Crippen molar-refractivity contribution in [2.45, 2.75) is 25.9 Å². The second-order valence-electron chi connectivity index (χ2n) is 5.76. The van der Waals surface area contributed by atoms with Crippen LogP contribution in [0.15, 0.2) is 48.7 Å². The van der Waals surface area contributed by atoms with Gasteiger partial charge in [0.15, 0.2) is 0 Å². The highest BCUT2D eigenvalue weighted by molar-refractivity contribution is 5.81. The molecule has 4 heteroatoms. The minimum Gasteiger partial charge on any atom is -0.473 e. The van der Waals surface area contributed by atoms with Gasteiger partial charge in [-0.05, 0) is 25.5 Å². The average Bonchev–Trinajstić information content (AvgIpc) is 2.98. The van der Waals surface area contributed by atoms with Crippen molar-refractivity contribution in [3.63, 3.8) is 0 Å². The summed E-state index contributed by atoms with van der Waals surface area (Å²) >= 11 is 0. The first-order chi connectivity index (χ1) is 10.6. The molecule has 2 heterocycles. The molecule has 0 radical (unpaired) electrons. The molecule has 1 N–H and O–H groups in total. The normalized spacial score (nSPS) is 11.3. The van der Waals surface area contributed by atoms with E-state index < -0.39 is 5.41 Å². The van der Waals surface area contributed by atoms with E-state index in [0.717, 1.165) is 22.2 Å². The third kappa shape index (κ3) is 2.66.